The lowest BCUT2D eigenvalue weighted by molar-refractivity contribution is 0.501. The SMILES string of the molecule is CCCNCC(C)NCc1cscc1C. The first-order valence-corrected chi connectivity index (χ1v) is 6.64. The Hall–Kier alpha value is -0.380. The summed E-state index contributed by atoms with van der Waals surface area (Å²) >= 11 is 1.78. The minimum absolute atomic E-state index is 0.538. The van der Waals surface area contributed by atoms with Crippen LogP contribution in [0.1, 0.15) is 31.4 Å². The van der Waals surface area contributed by atoms with Gasteiger partial charge in [-0.2, -0.15) is 11.3 Å². The molecule has 1 unspecified atom stereocenters. The first-order valence-electron chi connectivity index (χ1n) is 5.69. The van der Waals surface area contributed by atoms with Crippen LogP contribution >= 0.6 is 11.3 Å². The number of thiophene rings is 1. The smallest absolute Gasteiger partial charge is 0.0219 e. The second kappa shape index (κ2) is 6.99. The van der Waals surface area contributed by atoms with Crippen LogP contribution in [0.4, 0.5) is 0 Å². The Kier molecular flexibility index (Phi) is 5.91. The Morgan fingerprint density at radius 2 is 2.20 bits per heavy atom. The van der Waals surface area contributed by atoms with Crippen LogP contribution in [0.5, 0.6) is 0 Å². The van der Waals surface area contributed by atoms with E-state index in [0.29, 0.717) is 6.04 Å². The molecule has 0 radical (unpaired) electrons. The van der Waals surface area contributed by atoms with Crippen molar-refractivity contribution in [2.24, 2.45) is 0 Å². The van der Waals surface area contributed by atoms with E-state index in [1.165, 1.54) is 17.5 Å². The number of aryl methyl sites for hydroxylation is 1. The van der Waals surface area contributed by atoms with Crippen molar-refractivity contribution in [2.75, 3.05) is 13.1 Å². The van der Waals surface area contributed by atoms with Gasteiger partial charge in [-0.3, -0.25) is 0 Å². The van der Waals surface area contributed by atoms with E-state index in [9.17, 15) is 0 Å². The summed E-state index contributed by atoms with van der Waals surface area (Å²) in [5.41, 5.74) is 2.84. The fourth-order valence-electron chi connectivity index (χ4n) is 1.42. The van der Waals surface area contributed by atoms with Crippen LogP contribution in [0.3, 0.4) is 0 Å². The summed E-state index contributed by atoms with van der Waals surface area (Å²) in [4.78, 5) is 0. The van der Waals surface area contributed by atoms with Gasteiger partial charge in [0.05, 0.1) is 0 Å². The molecule has 15 heavy (non-hydrogen) atoms. The molecule has 1 atom stereocenters. The van der Waals surface area contributed by atoms with Crippen LogP contribution < -0.4 is 10.6 Å². The van der Waals surface area contributed by atoms with Gasteiger partial charge in [0.2, 0.25) is 0 Å². The van der Waals surface area contributed by atoms with E-state index in [0.717, 1.165) is 19.6 Å². The molecule has 2 N–H and O–H groups in total. The highest BCUT2D eigenvalue weighted by atomic mass is 32.1. The number of hydrogen-bond donors (Lipinski definition) is 2. The van der Waals surface area contributed by atoms with E-state index in [2.05, 4.69) is 42.2 Å². The zero-order valence-corrected chi connectivity index (χ0v) is 10.8. The van der Waals surface area contributed by atoms with Gasteiger partial charge in [-0.1, -0.05) is 6.92 Å². The molecule has 1 rings (SSSR count). The van der Waals surface area contributed by atoms with Crippen molar-refractivity contribution in [3.05, 3.63) is 21.9 Å². The van der Waals surface area contributed by atoms with Gasteiger partial charge in [0.1, 0.15) is 0 Å². The molecule has 1 heterocycles. The van der Waals surface area contributed by atoms with E-state index >= 15 is 0 Å². The predicted octanol–water partition coefficient (Wildman–Crippen LogP) is 2.53. The fourth-order valence-corrected chi connectivity index (χ4v) is 2.28. The predicted molar refractivity (Wildman–Crippen MR) is 68.5 cm³/mol. The summed E-state index contributed by atoms with van der Waals surface area (Å²) in [6.07, 6.45) is 1.20. The first-order chi connectivity index (χ1) is 7.24. The van der Waals surface area contributed by atoms with E-state index < -0.39 is 0 Å². The van der Waals surface area contributed by atoms with E-state index in [1.807, 2.05) is 0 Å². The molecule has 0 fully saturated rings. The lowest BCUT2D eigenvalue weighted by Crippen LogP contribution is -2.36. The monoisotopic (exact) mass is 226 g/mol. The molecular formula is C12H22N2S. The third-order valence-corrected chi connectivity index (χ3v) is 3.39. The molecule has 1 aromatic rings. The molecule has 3 heteroatoms. The second-order valence-corrected chi connectivity index (χ2v) is 4.81. The highest BCUT2D eigenvalue weighted by molar-refractivity contribution is 7.08. The molecular weight excluding hydrogens is 204 g/mol. The van der Waals surface area contributed by atoms with Gasteiger partial charge in [-0.25, -0.2) is 0 Å². The van der Waals surface area contributed by atoms with Crippen LogP contribution in [0.2, 0.25) is 0 Å². The standard InChI is InChI=1S/C12H22N2S/c1-4-5-13-6-11(3)14-7-12-9-15-8-10(12)2/h8-9,11,13-14H,4-7H2,1-3H3. The largest absolute Gasteiger partial charge is 0.315 e. The molecule has 0 aliphatic carbocycles. The van der Waals surface area contributed by atoms with Gasteiger partial charge in [0.25, 0.3) is 0 Å². The summed E-state index contributed by atoms with van der Waals surface area (Å²) in [6, 6.07) is 0.538. The third kappa shape index (κ3) is 4.78. The molecule has 0 saturated heterocycles. The van der Waals surface area contributed by atoms with Crippen LogP contribution in [-0.2, 0) is 6.54 Å². The van der Waals surface area contributed by atoms with Gasteiger partial charge in [-0.05, 0) is 48.7 Å². The van der Waals surface area contributed by atoms with Crippen molar-refractivity contribution in [1.29, 1.82) is 0 Å². The zero-order valence-electron chi connectivity index (χ0n) is 9.97. The van der Waals surface area contributed by atoms with Gasteiger partial charge >= 0.3 is 0 Å². The number of hydrogen-bond acceptors (Lipinski definition) is 3. The van der Waals surface area contributed by atoms with Crippen molar-refractivity contribution < 1.29 is 0 Å². The molecule has 0 saturated carbocycles. The van der Waals surface area contributed by atoms with Crippen LogP contribution in [0.15, 0.2) is 10.8 Å². The van der Waals surface area contributed by atoms with Crippen molar-refractivity contribution in [3.8, 4) is 0 Å². The van der Waals surface area contributed by atoms with Crippen molar-refractivity contribution in [3.63, 3.8) is 0 Å². The Morgan fingerprint density at radius 3 is 2.80 bits per heavy atom. The van der Waals surface area contributed by atoms with E-state index in [-0.39, 0.29) is 0 Å². The fraction of sp³-hybridized carbons (Fsp3) is 0.667. The quantitative estimate of drug-likeness (QED) is 0.698. The molecule has 2 nitrogen and oxygen atoms in total. The normalized spacial score (nSPS) is 13.0. The van der Waals surface area contributed by atoms with Crippen LogP contribution in [0.25, 0.3) is 0 Å². The Morgan fingerprint density at radius 1 is 1.40 bits per heavy atom. The van der Waals surface area contributed by atoms with Gasteiger partial charge < -0.3 is 10.6 Å². The van der Waals surface area contributed by atoms with Crippen LogP contribution in [-0.4, -0.2) is 19.1 Å². The molecule has 0 aromatic carbocycles. The highest BCUT2D eigenvalue weighted by Gasteiger charge is 2.02. The second-order valence-electron chi connectivity index (χ2n) is 4.07. The molecule has 0 spiro atoms. The maximum absolute atomic E-state index is 3.53. The first kappa shape index (κ1) is 12.7. The van der Waals surface area contributed by atoms with Crippen molar-refractivity contribution in [1.82, 2.24) is 10.6 Å². The summed E-state index contributed by atoms with van der Waals surface area (Å²) in [6.45, 7) is 9.75. The van der Waals surface area contributed by atoms with Crippen molar-refractivity contribution >= 4 is 11.3 Å². The van der Waals surface area contributed by atoms with Gasteiger partial charge in [0, 0.05) is 19.1 Å². The Balaban J connectivity index is 2.16. The average Bonchev–Trinajstić information content (AvgIpc) is 2.61. The molecule has 86 valence electrons. The van der Waals surface area contributed by atoms with E-state index in [4.69, 9.17) is 0 Å². The molecule has 0 aliphatic heterocycles. The lowest BCUT2D eigenvalue weighted by atomic mass is 10.2. The average molecular weight is 226 g/mol. The van der Waals surface area contributed by atoms with E-state index in [1.54, 1.807) is 11.3 Å². The maximum atomic E-state index is 3.53. The molecule has 0 bridgehead atoms. The summed E-state index contributed by atoms with van der Waals surface area (Å²) in [5.74, 6) is 0. The number of rotatable bonds is 7. The molecule has 0 aliphatic rings. The summed E-state index contributed by atoms with van der Waals surface area (Å²) < 4.78 is 0. The molecule has 0 amide bonds. The van der Waals surface area contributed by atoms with Crippen LogP contribution in [0, 0.1) is 6.92 Å². The number of nitrogens with one attached hydrogen (secondary N) is 2. The molecule has 1 aromatic heterocycles. The van der Waals surface area contributed by atoms with Crippen molar-refractivity contribution in [2.45, 2.75) is 39.8 Å². The minimum atomic E-state index is 0.538. The summed E-state index contributed by atoms with van der Waals surface area (Å²) in [5, 5.41) is 11.4. The van der Waals surface area contributed by atoms with Gasteiger partial charge in [-0.15, -0.1) is 0 Å². The maximum Gasteiger partial charge on any atom is 0.0219 e. The minimum Gasteiger partial charge on any atom is -0.315 e. The van der Waals surface area contributed by atoms with Gasteiger partial charge in [0.15, 0.2) is 0 Å². The Labute approximate surface area is 97.1 Å². The third-order valence-electron chi connectivity index (χ3n) is 2.48. The zero-order chi connectivity index (χ0) is 11.1. The lowest BCUT2D eigenvalue weighted by Gasteiger charge is -2.14. The summed E-state index contributed by atoms with van der Waals surface area (Å²) in [7, 11) is 0. The topological polar surface area (TPSA) is 24.1 Å². The Bertz CT molecular complexity index is 270. The highest BCUT2D eigenvalue weighted by Crippen LogP contribution is 2.13.